The molecule has 0 atom stereocenters. The average Bonchev–Trinajstić information content (AvgIpc) is 2.36. The predicted octanol–water partition coefficient (Wildman–Crippen LogP) is 1.17. The summed E-state index contributed by atoms with van der Waals surface area (Å²) in [7, 11) is 1.30. The fourth-order valence-electron chi connectivity index (χ4n) is 2.36. The molecule has 1 saturated carbocycles. The van der Waals surface area contributed by atoms with Gasteiger partial charge in [-0.15, -0.1) is 0 Å². The van der Waals surface area contributed by atoms with Crippen molar-refractivity contribution in [2.45, 2.75) is 44.6 Å². The molecular formula is C12H21NO4. The molecule has 0 bridgehead atoms. The molecule has 0 saturated heterocycles. The summed E-state index contributed by atoms with van der Waals surface area (Å²) in [5.41, 5.74) is -0.945. The minimum absolute atomic E-state index is 0.0421. The number of rotatable bonds is 5. The summed E-state index contributed by atoms with van der Waals surface area (Å²) in [5.74, 6) is -0.679. The number of methoxy groups -OCH3 is 1. The van der Waals surface area contributed by atoms with Crippen molar-refractivity contribution in [3.05, 3.63) is 0 Å². The highest BCUT2D eigenvalue weighted by Crippen LogP contribution is 2.33. The van der Waals surface area contributed by atoms with Gasteiger partial charge >= 0.3 is 11.9 Å². The second kappa shape index (κ2) is 6.00. The zero-order valence-electron chi connectivity index (χ0n) is 10.5. The molecule has 0 aromatic carbocycles. The Labute approximate surface area is 102 Å². The first-order chi connectivity index (χ1) is 8.04. The van der Waals surface area contributed by atoms with Crippen LogP contribution in [0.25, 0.3) is 0 Å². The van der Waals surface area contributed by atoms with E-state index in [9.17, 15) is 14.7 Å². The summed E-state index contributed by atoms with van der Waals surface area (Å²) in [4.78, 5) is 22.4. The second-order valence-corrected chi connectivity index (χ2v) is 4.67. The Morgan fingerprint density at radius 1 is 1.41 bits per heavy atom. The normalized spacial score (nSPS) is 28.7. The van der Waals surface area contributed by atoms with Gasteiger partial charge in [-0.25, -0.2) is 0 Å². The lowest BCUT2D eigenvalue weighted by atomic mass is 9.75. The van der Waals surface area contributed by atoms with E-state index in [2.05, 4.69) is 17.0 Å². The van der Waals surface area contributed by atoms with Crippen molar-refractivity contribution in [1.29, 1.82) is 0 Å². The molecule has 1 fully saturated rings. The van der Waals surface area contributed by atoms with Gasteiger partial charge in [-0.1, -0.05) is 13.3 Å². The molecule has 17 heavy (non-hydrogen) atoms. The smallest absolute Gasteiger partial charge is 0.323 e. The van der Waals surface area contributed by atoms with Crippen LogP contribution in [-0.2, 0) is 14.3 Å². The van der Waals surface area contributed by atoms with E-state index >= 15 is 0 Å². The van der Waals surface area contributed by atoms with E-state index in [1.165, 1.54) is 7.11 Å². The summed E-state index contributed by atoms with van der Waals surface area (Å²) >= 11 is 0. The molecule has 0 unspecified atom stereocenters. The molecule has 5 heteroatoms. The number of esters is 1. The lowest BCUT2D eigenvalue weighted by Crippen LogP contribution is -2.55. The Kier molecular flexibility index (Phi) is 4.93. The third-order valence-corrected chi connectivity index (χ3v) is 3.74. The highest BCUT2D eigenvalue weighted by Gasteiger charge is 2.41. The van der Waals surface area contributed by atoms with Gasteiger partial charge in [0.1, 0.15) is 5.54 Å². The van der Waals surface area contributed by atoms with Crippen molar-refractivity contribution in [2.75, 3.05) is 13.7 Å². The van der Waals surface area contributed by atoms with Gasteiger partial charge in [0.2, 0.25) is 0 Å². The number of ether oxygens (including phenoxy) is 1. The maximum absolute atomic E-state index is 11.4. The molecule has 1 aliphatic rings. The zero-order valence-corrected chi connectivity index (χ0v) is 10.5. The van der Waals surface area contributed by atoms with Crippen molar-refractivity contribution in [1.82, 2.24) is 5.32 Å². The van der Waals surface area contributed by atoms with Crippen LogP contribution in [0.5, 0.6) is 0 Å². The molecule has 5 nitrogen and oxygen atoms in total. The first-order valence-electron chi connectivity index (χ1n) is 6.09. The molecule has 0 radical (unpaired) electrons. The van der Waals surface area contributed by atoms with E-state index in [1.54, 1.807) is 0 Å². The van der Waals surface area contributed by atoms with Crippen molar-refractivity contribution in [3.8, 4) is 0 Å². The monoisotopic (exact) mass is 243 g/mol. The van der Waals surface area contributed by atoms with Gasteiger partial charge in [0.25, 0.3) is 0 Å². The Hall–Kier alpha value is -1.10. The maximum atomic E-state index is 11.4. The van der Waals surface area contributed by atoms with Crippen molar-refractivity contribution in [2.24, 2.45) is 5.92 Å². The quantitative estimate of drug-likeness (QED) is 0.709. The average molecular weight is 243 g/mol. The third-order valence-electron chi connectivity index (χ3n) is 3.74. The highest BCUT2D eigenvalue weighted by atomic mass is 16.5. The van der Waals surface area contributed by atoms with Gasteiger partial charge in [0.15, 0.2) is 0 Å². The number of hydrogen-bond donors (Lipinski definition) is 2. The number of aliphatic carboxylic acids is 1. The van der Waals surface area contributed by atoms with Gasteiger partial charge in [0, 0.05) is 0 Å². The molecule has 0 amide bonds. The standard InChI is InChI=1S/C12H21NO4/c1-3-9-4-6-12(7-5-9,11(15)16)13-8-10(14)17-2/h9,13H,3-8H2,1-2H3,(H,15,16). The minimum atomic E-state index is -0.945. The number of carboxylic acids is 1. The lowest BCUT2D eigenvalue weighted by molar-refractivity contribution is -0.148. The van der Waals surface area contributed by atoms with Crippen LogP contribution in [0.15, 0.2) is 0 Å². The van der Waals surface area contributed by atoms with E-state index in [0.29, 0.717) is 18.8 Å². The fraction of sp³-hybridized carbons (Fsp3) is 0.833. The minimum Gasteiger partial charge on any atom is -0.480 e. The number of hydrogen-bond acceptors (Lipinski definition) is 4. The van der Waals surface area contributed by atoms with E-state index < -0.39 is 17.5 Å². The fourth-order valence-corrected chi connectivity index (χ4v) is 2.36. The first kappa shape index (κ1) is 14.0. The van der Waals surface area contributed by atoms with Gasteiger partial charge in [-0.05, 0) is 31.6 Å². The Bertz CT molecular complexity index is 282. The van der Waals surface area contributed by atoms with Crippen LogP contribution in [0.1, 0.15) is 39.0 Å². The second-order valence-electron chi connectivity index (χ2n) is 4.67. The molecule has 1 aliphatic carbocycles. The summed E-state index contributed by atoms with van der Waals surface area (Å²) < 4.78 is 4.51. The topological polar surface area (TPSA) is 75.6 Å². The predicted molar refractivity (Wildman–Crippen MR) is 62.6 cm³/mol. The maximum Gasteiger partial charge on any atom is 0.323 e. The molecule has 0 spiro atoms. The van der Waals surface area contributed by atoms with Crippen LogP contribution in [0.2, 0.25) is 0 Å². The third kappa shape index (κ3) is 3.43. The highest BCUT2D eigenvalue weighted by molar-refractivity contribution is 5.80. The van der Waals surface area contributed by atoms with Crippen LogP contribution >= 0.6 is 0 Å². The van der Waals surface area contributed by atoms with E-state index in [1.807, 2.05) is 0 Å². The molecule has 0 aliphatic heterocycles. The summed E-state index contributed by atoms with van der Waals surface area (Å²) in [6.07, 6.45) is 4.05. The molecular weight excluding hydrogens is 222 g/mol. The van der Waals surface area contributed by atoms with Crippen LogP contribution in [0, 0.1) is 5.92 Å². The van der Waals surface area contributed by atoms with Crippen LogP contribution in [0.3, 0.4) is 0 Å². The molecule has 0 heterocycles. The van der Waals surface area contributed by atoms with Gasteiger partial charge in [-0.3, -0.25) is 14.9 Å². The molecule has 98 valence electrons. The number of carbonyl (C=O) groups is 2. The summed E-state index contributed by atoms with van der Waals surface area (Å²) in [6, 6.07) is 0. The number of nitrogens with one attached hydrogen (secondary N) is 1. The number of carboxylic acid groups (broad SMARTS) is 1. The van der Waals surface area contributed by atoms with E-state index in [4.69, 9.17) is 0 Å². The van der Waals surface area contributed by atoms with Gasteiger partial charge < -0.3 is 9.84 Å². The lowest BCUT2D eigenvalue weighted by Gasteiger charge is -2.37. The van der Waals surface area contributed by atoms with Crippen molar-refractivity contribution in [3.63, 3.8) is 0 Å². The van der Waals surface area contributed by atoms with Gasteiger partial charge in [0.05, 0.1) is 13.7 Å². The number of carbonyl (C=O) groups excluding carboxylic acids is 1. The molecule has 1 rings (SSSR count). The van der Waals surface area contributed by atoms with Crippen LogP contribution < -0.4 is 5.32 Å². The van der Waals surface area contributed by atoms with Crippen LogP contribution in [0.4, 0.5) is 0 Å². The molecule has 0 aromatic heterocycles. The largest absolute Gasteiger partial charge is 0.480 e. The zero-order chi connectivity index (χ0) is 12.9. The Morgan fingerprint density at radius 3 is 2.41 bits per heavy atom. The Balaban J connectivity index is 2.59. The van der Waals surface area contributed by atoms with E-state index in [0.717, 1.165) is 19.3 Å². The van der Waals surface area contributed by atoms with Crippen molar-refractivity contribution >= 4 is 11.9 Å². The summed E-state index contributed by atoms with van der Waals surface area (Å²) in [6.45, 7) is 2.08. The van der Waals surface area contributed by atoms with E-state index in [-0.39, 0.29) is 6.54 Å². The van der Waals surface area contributed by atoms with Crippen molar-refractivity contribution < 1.29 is 19.4 Å². The SMILES string of the molecule is CCC1CCC(NCC(=O)OC)(C(=O)O)CC1. The van der Waals surface area contributed by atoms with Gasteiger partial charge in [-0.2, -0.15) is 0 Å². The first-order valence-corrected chi connectivity index (χ1v) is 6.09. The summed E-state index contributed by atoms with van der Waals surface area (Å²) in [5, 5.41) is 12.2. The molecule has 2 N–H and O–H groups in total. The van der Waals surface area contributed by atoms with Crippen LogP contribution in [-0.4, -0.2) is 36.2 Å². The molecule has 0 aromatic rings. The Morgan fingerprint density at radius 2 is 2.00 bits per heavy atom.